The Morgan fingerprint density at radius 1 is 1.43 bits per heavy atom. The van der Waals surface area contributed by atoms with Crippen LogP contribution in [0.2, 0.25) is 0 Å². The molecule has 1 amide bonds. The van der Waals surface area contributed by atoms with E-state index in [1.807, 2.05) is 32.4 Å². The van der Waals surface area contributed by atoms with Gasteiger partial charge in [0.25, 0.3) is 0 Å². The predicted octanol–water partition coefficient (Wildman–Crippen LogP) is 2.22. The van der Waals surface area contributed by atoms with Crippen molar-refractivity contribution >= 4 is 28.7 Å². The summed E-state index contributed by atoms with van der Waals surface area (Å²) in [4.78, 5) is 17.0. The van der Waals surface area contributed by atoms with Gasteiger partial charge in [-0.05, 0) is 33.6 Å². The molecule has 2 aromatic rings. The van der Waals surface area contributed by atoms with Crippen molar-refractivity contribution in [2.75, 3.05) is 0 Å². The molecule has 3 rings (SSSR count). The van der Waals surface area contributed by atoms with E-state index in [0.717, 1.165) is 29.7 Å². The Morgan fingerprint density at radius 2 is 2.10 bits per heavy atom. The average Bonchev–Trinajstić information content (AvgIpc) is 3.05. The number of carbonyl (C=O) groups excluding carboxylic acids is 1. The molecule has 0 aliphatic heterocycles. The summed E-state index contributed by atoms with van der Waals surface area (Å²) in [7, 11) is 1.86. The summed E-state index contributed by atoms with van der Waals surface area (Å²) >= 11 is 6.26. The molecule has 2 atom stereocenters. The fourth-order valence-corrected chi connectivity index (χ4v) is 2.80. The Kier molecular flexibility index (Phi) is 3.43. The highest BCUT2D eigenvalue weighted by atomic mass is 35.5. The van der Waals surface area contributed by atoms with E-state index in [1.54, 1.807) is 4.68 Å². The van der Waals surface area contributed by atoms with Crippen LogP contribution in [0.4, 0.5) is 0 Å². The number of aryl methyl sites for hydroxylation is 2. The Labute approximate surface area is 128 Å². The lowest BCUT2D eigenvalue weighted by atomic mass is 10.3. The van der Waals surface area contributed by atoms with Crippen LogP contribution in [0.1, 0.15) is 49.6 Å². The summed E-state index contributed by atoms with van der Waals surface area (Å²) in [5.74, 6) is 0.718. The highest BCUT2D eigenvalue weighted by molar-refractivity contribution is 6.20. The van der Waals surface area contributed by atoms with Crippen molar-refractivity contribution in [2.24, 2.45) is 7.05 Å². The third kappa shape index (κ3) is 2.41. The molecule has 114 valence electrons. The van der Waals surface area contributed by atoms with Gasteiger partial charge in [0.05, 0.1) is 11.1 Å². The SMILES string of the molecule is Cc1nn(C)c2c1nc(C(C)Cl)n2C(C)C(=O)NC1CC1. The van der Waals surface area contributed by atoms with Crippen LogP contribution in [0.3, 0.4) is 0 Å². The minimum atomic E-state index is -0.360. The van der Waals surface area contributed by atoms with Crippen molar-refractivity contribution in [3.63, 3.8) is 0 Å². The van der Waals surface area contributed by atoms with Crippen LogP contribution < -0.4 is 5.32 Å². The second-order valence-corrected chi connectivity index (χ2v) is 6.45. The molecular weight excluding hydrogens is 290 g/mol. The third-order valence-electron chi connectivity index (χ3n) is 3.91. The fourth-order valence-electron chi connectivity index (χ4n) is 2.64. The van der Waals surface area contributed by atoms with Crippen LogP contribution in [0.5, 0.6) is 0 Å². The number of amides is 1. The topological polar surface area (TPSA) is 64.7 Å². The maximum absolute atomic E-state index is 12.4. The Hall–Kier alpha value is -1.56. The average molecular weight is 310 g/mol. The zero-order chi connectivity index (χ0) is 15.3. The summed E-state index contributed by atoms with van der Waals surface area (Å²) in [5, 5.41) is 7.15. The standard InChI is InChI=1S/C14H20ClN5O/c1-7(15)12-17-11-8(2)18-19(4)14(11)20(12)9(3)13(21)16-10-5-6-10/h7,9-10H,5-6H2,1-4H3,(H,16,21). The Balaban J connectivity index is 2.09. The quantitative estimate of drug-likeness (QED) is 0.881. The number of hydrogen-bond donors (Lipinski definition) is 1. The van der Waals surface area contributed by atoms with Gasteiger partial charge in [0.1, 0.15) is 17.4 Å². The van der Waals surface area contributed by atoms with Crippen molar-refractivity contribution < 1.29 is 4.79 Å². The monoisotopic (exact) mass is 309 g/mol. The van der Waals surface area contributed by atoms with Crippen molar-refractivity contribution in [1.29, 1.82) is 0 Å². The highest BCUT2D eigenvalue weighted by Gasteiger charge is 2.30. The predicted molar refractivity (Wildman–Crippen MR) is 81.4 cm³/mol. The van der Waals surface area contributed by atoms with Gasteiger partial charge in [-0.25, -0.2) is 4.98 Å². The number of nitrogens with one attached hydrogen (secondary N) is 1. The third-order valence-corrected chi connectivity index (χ3v) is 4.10. The van der Waals surface area contributed by atoms with Gasteiger partial charge in [0.2, 0.25) is 5.91 Å². The van der Waals surface area contributed by atoms with Crippen LogP contribution in [0.15, 0.2) is 0 Å². The van der Waals surface area contributed by atoms with Gasteiger partial charge >= 0.3 is 0 Å². The van der Waals surface area contributed by atoms with E-state index in [0.29, 0.717) is 11.9 Å². The van der Waals surface area contributed by atoms with Crippen LogP contribution in [-0.4, -0.2) is 31.3 Å². The number of nitrogens with zero attached hydrogens (tertiary/aromatic N) is 4. The van der Waals surface area contributed by atoms with Gasteiger partial charge in [-0.15, -0.1) is 11.6 Å². The number of carbonyl (C=O) groups is 1. The highest BCUT2D eigenvalue weighted by Crippen LogP contribution is 2.30. The number of imidazole rings is 1. The van der Waals surface area contributed by atoms with Gasteiger partial charge in [-0.1, -0.05) is 0 Å². The molecule has 1 aliphatic rings. The molecular formula is C14H20ClN5O. The lowest BCUT2D eigenvalue weighted by Gasteiger charge is -2.18. The number of rotatable bonds is 4. The number of hydrogen-bond acceptors (Lipinski definition) is 3. The van der Waals surface area contributed by atoms with Crippen molar-refractivity contribution in [3.8, 4) is 0 Å². The lowest BCUT2D eigenvalue weighted by Crippen LogP contribution is -2.33. The molecule has 2 aromatic heterocycles. The van der Waals surface area contributed by atoms with E-state index in [1.165, 1.54) is 0 Å². The van der Waals surface area contributed by atoms with Crippen LogP contribution >= 0.6 is 11.6 Å². The second-order valence-electron chi connectivity index (χ2n) is 5.80. The van der Waals surface area contributed by atoms with Gasteiger partial charge < -0.3 is 5.32 Å². The summed E-state index contributed by atoms with van der Waals surface area (Å²) in [6.45, 7) is 5.66. The summed E-state index contributed by atoms with van der Waals surface area (Å²) in [5.41, 5.74) is 2.50. The smallest absolute Gasteiger partial charge is 0.243 e. The molecule has 0 saturated heterocycles. The van der Waals surface area contributed by atoms with Crippen molar-refractivity contribution in [3.05, 3.63) is 11.5 Å². The first-order chi connectivity index (χ1) is 9.90. The van der Waals surface area contributed by atoms with E-state index in [9.17, 15) is 4.79 Å². The Bertz CT molecular complexity index is 698. The normalized spacial score (nSPS) is 18.0. The Morgan fingerprint density at radius 3 is 2.67 bits per heavy atom. The van der Waals surface area contributed by atoms with Crippen molar-refractivity contribution in [2.45, 2.75) is 51.1 Å². The summed E-state index contributed by atoms with van der Waals surface area (Å²) in [6, 6.07) is -0.0225. The number of aromatic nitrogens is 4. The number of alkyl halides is 1. The maximum Gasteiger partial charge on any atom is 0.243 e. The molecule has 7 heteroatoms. The lowest BCUT2D eigenvalue weighted by molar-refractivity contribution is -0.124. The first-order valence-corrected chi connectivity index (χ1v) is 7.69. The van der Waals surface area contributed by atoms with Gasteiger partial charge in [-0.2, -0.15) is 5.10 Å². The molecule has 1 saturated carbocycles. The maximum atomic E-state index is 12.4. The second kappa shape index (κ2) is 5.02. The fraction of sp³-hybridized carbons (Fsp3) is 0.643. The molecule has 1 fully saturated rings. The van der Waals surface area contributed by atoms with Gasteiger partial charge in [0, 0.05) is 13.1 Å². The number of fused-ring (bicyclic) bond motifs is 1. The van der Waals surface area contributed by atoms with Crippen LogP contribution in [0, 0.1) is 6.92 Å². The van der Waals surface area contributed by atoms with Gasteiger partial charge in [-0.3, -0.25) is 14.0 Å². The van der Waals surface area contributed by atoms with E-state index >= 15 is 0 Å². The number of halogens is 1. The molecule has 6 nitrogen and oxygen atoms in total. The van der Waals surface area contributed by atoms with E-state index in [2.05, 4.69) is 15.4 Å². The first-order valence-electron chi connectivity index (χ1n) is 7.26. The summed E-state index contributed by atoms with van der Waals surface area (Å²) < 4.78 is 3.67. The molecule has 21 heavy (non-hydrogen) atoms. The largest absolute Gasteiger partial charge is 0.352 e. The minimum Gasteiger partial charge on any atom is -0.352 e. The van der Waals surface area contributed by atoms with E-state index < -0.39 is 0 Å². The molecule has 2 unspecified atom stereocenters. The summed E-state index contributed by atoms with van der Waals surface area (Å²) in [6.07, 6.45) is 2.14. The first kappa shape index (κ1) is 14.4. The van der Waals surface area contributed by atoms with Crippen LogP contribution in [-0.2, 0) is 11.8 Å². The molecule has 0 spiro atoms. The van der Waals surface area contributed by atoms with E-state index in [4.69, 9.17) is 11.6 Å². The zero-order valence-corrected chi connectivity index (χ0v) is 13.5. The molecule has 2 heterocycles. The molecule has 0 aromatic carbocycles. The molecule has 0 radical (unpaired) electrons. The molecule has 1 N–H and O–H groups in total. The van der Waals surface area contributed by atoms with E-state index in [-0.39, 0.29) is 17.3 Å². The molecule has 0 bridgehead atoms. The minimum absolute atomic E-state index is 0.00854. The molecule has 1 aliphatic carbocycles. The van der Waals surface area contributed by atoms with Crippen molar-refractivity contribution in [1.82, 2.24) is 24.6 Å². The van der Waals surface area contributed by atoms with Crippen LogP contribution in [0.25, 0.3) is 11.2 Å². The zero-order valence-electron chi connectivity index (χ0n) is 12.7. The van der Waals surface area contributed by atoms with Gasteiger partial charge in [0.15, 0.2) is 5.65 Å².